The minimum absolute atomic E-state index is 0.0127. The zero-order chi connectivity index (χ0) is 45.0. The summed E-state index contributed by atoms with van der Waals surface area (Å²) in [5.74, 6) is -1.53. The summed E-state index contributed by atoms with van der Waals surface area (Å²) in [6, 6.07) is 7.73. The molecule has 3 aromatic heterocycles. The lowest BCUT2D eigenvalue weighted by molar-refractivity contribution is -0.141. The molecule has 0 spiro atoms. The van der Waals surface area contributed by atoms with E-state index in [1.165, 1.54) is 40.8 Å². The van der Waals surface area contributed by atoms with Crippen molar-refractivity contribution in [3.63, 3.8) is 0 Å². The number of benzene rings is 1. The van der Waals surface area contributed by atoms with E-state index in [1.807, 2.05) is 37.4 Å². The van der Waals surface area contributed by atoms with Crippen molar-refractivity contribution in [2.75, 3.05) is 19.0 Å². The molecule has 17 nitrogen and oxygen atoms in total. The molecule has 19 heteroatoms. The number of ether oxygens (including phenoxy) is 3. The average Bonchev–Trinajstić information content (AvgIpc) is 3.70. The smallest absolute Gasteiger partial charge is 0.408 e. The molecular formula is C45H54N8O9S2. The van der Waals surface area contributed by atoms with Gasteiger partial charge in [-0.05, 0) is 89.5 Å². The number of pyridine rings is 2. The van der Waals surface area contributed by atoms with E-state index in [4.69, 9.17) is 24.2 Å². The SMILES string of the molecule is COc1ccc2c(O[C@@H]3C[C@H]4C(=O)N[C@]5(C(=O)NS(=O)(=O)c6ccncc6)C[C@H]5/C=C\CCCCC[C@H](NC(=O)OC5CCCC5)C(=O)N4C3)cc(-c3csc(NC(C)C)n3)nc2c1. The first-order valence-corrected chi connectivity index (χ1v) is 24.3. The number of aromatic nitrogens is 3. The third kappa shape index (κ3) is 10.1. The van der Waals surface area contributed by atoms with E-state index in [9.17, 15) is 27.6 Å². The Morgan fingerprint density at radius 3 is 2.52 bits per heavy atom. The van der Waals surface area contributed by atoms with Crippen molar-refractivity contribution in [2.24, 2.45) is 5.92 Å². The van der Waals surface area contributed by atoms with Gasteiger partial charge in [-0.15, -0.1) is 11.3 Å². The topological polar surface area (TPSA) is 220 Å². The summed E-state index contributed by atoms with van der Waals surface area (Å²) >= 11 is 1.45. The highest BCUT2D eigenvalue weighted by molar-refractivity contribution is 7.90. The van der Waals surface area contributed by atoms with Crippen LogP contribution in [0.15, 0.2) is 71.2 Å². The van der Waals surface area contributed by atoms with Crippen molar-refractivity contribution in [3.05, 3.63) is 66.3 Å². The number of alkyl carbamates (subject to hydrolysis) is 1. The molecule has 2 aliphatic heterocycles. The molecule has 2 aliphatic carbocycles. The second kappa shape index (κ2) is 19.1. The average molecular weight is 915 g/mol. The van der Waals surface area contributed by atoms with E-state index in [-0.39, 0.29) is 36.4 Å². The second-order valence-electron chi connectivity index (χ2n) is 17.2. The highest BCUT2D eigenvalue weighted by atomic mass is 32.2. The molecule has 1 saturated heterocycles. The molecule has 3 fully saturated rings. The van der Waals surface area contributed by atoms with Crippen LogP contribution in [0.3, 0.4) is 0 Å². The molecule has 0 radical (unpaired) electrons. The molecule has 0 unspecified atom stereocenters. The van der Waals surface area contributed by atoms with Crippen LogP contribution in [0.2, 0.25) is 0 Å². The molecule has 64 heavy (non-hydrogen) atoms. The molecule has 5 atom stereocenters. The van der Waals surface area contributed by atoms with Gasteiger partial charge in [0.2, 0.25) is 11.8 Å². The van der Waals surface area contributed by atoms with Gasteiger partial charge in [0.05, 0.1) is 29.8 Å². The Hall–Kier alpha value is -5.82. The highest BCUT2D eigenvalue weighted by Gasteiger charge is 2.61. The first-order valence-electron chi connectivity index (χ1n) is 21.9. The van der Waals surface area contributed by atoms with Gasteiger partial charge in [0.15, 0.2) is 5.13 Å². The maximum absolute atomic E-state index is 14.8. The summed E-state index contributed by atoms with van der Waals surface area (Å²) in [5.41, 5.74) is 0.124. The fourth-order valence-electron chi connectivity index (χ4n) is 8.70. The number of nitrogens with one attached hydrogen (secondary N) is 4. The van der Waals surface area contributed by atoms with Gasteiger partial charge in [-0.3, -0.25) is 19.4 Å². The fraction of sp³-hybridized carbons (Fsp3) is 0.489. The number of anilines is 1. The zero-order valence-corrected chi connectivity index (χ0v) is 37.7. The van der Waals surface area contributed by atoms with Crippen LogP contribution < -0.4 is 30.1 Å². The van der Waals surface area contributed by atoms with Crippen LogP contribution in [0.25, 0.3) is 22.3 Å². The van der Waals surface area contributed by atoms with Crippen molar-refractivity contribution in [1.29, 1.82) is 0 Å². The number of amides is 4. The van der Waals surface area contributed by atoms with Crippen LogP contribution in [0, 0.1) is 5.92 Å². The molecule has 4 amide bonds. The molecular weight excluding hydrogens is 861 g/mol. The Morgan fingerprint density at radius 1 is 0.969 bits per heavy atom. The minimum Gasteiger partial charge on any atom is -0.497 e. The molecule has 4 aromatic rings. The third-order valence-corrected chi connectivity index (χ3v) is 14.3. The molecule has 5 heterocycles. The van der Waals surface area contributed by atoms with E-state index in [1.54, 1.807) is 25.3 Å². The summed E-state index contributed by atoms with van der Waals surface area (Å²) < 4.78 is 46.9. The number of carbonyl (C=O) groups excluding carboxylic acids is 4. The van der Waals surface area contributed by atoms with Gasteiger partial charge in [-0.2, -0.15) is 0 Å². The molecule has 340 valence electrons. The van der Waals surface area contributed by atoms with Crippen LogP contribution in [-0.4, -0.2) is 102 Å². The Morgan fingerprint density at radius 2 is 1.75 bits per heavy atom. The molecule has 0 bridgehead atoms. The molecule has 1 aromatic carbocycles. The Balaban J connectivity index is 1.12. The first-order chi connectivity index (χ1) is 30.8. The van der Waals surface area contributed by atoms with Crippen LogP contribution in [-0.2, 0) is 29.1 Å². The van der Waals surface area contributed by atoms with Crippen LogP contribution >= 0.6 is 11.3 Å². The van der Waals surface area contributed by atoms with Crippen molar-refractivity contribution < 1.29 is 41.8 Å². The summed E-state index contributed by atoms with van der Waals surface area (Å²) in [4.78, 5) is 71.8. The number of allylic oxidation sites excluding steroid dienone is 1. The molecule has 8 rings (SSSR count). The lowest BCUT2D eigenvalue weighted by Crippen LogP contribution is -2.58. The number of sulfonamides is 1. The number of methoxy groups -OCH3 is 1. The van der Waals surface area contributed by atoms with Crippen molar-refractivity contribution in [1.82, 2.24) is 35.2 Å². The summed E-state index contributed by atoms with van der Waals surface area (Å²) in [5, 5.41) is 12.4. The van der Waals surface area contributed by atoms with E-state index in [0.29, 0.717) is 53.1 Å². The van der Waals surface area contributed by atoms with Crippen LogP contribution in [0.4, 0.5) is 9.93 Å². The van der Waals surface area contributed by atoms with E-state index in [0.717, 1.165) is 43.7 Å². The lowest BCUT2D eigenvalue weighted by atomic mass is 10.0. The van der Waals surface area contributed by atoms with E-state index < -0.39 is 63.5 Å². The predicted molar refractivity (Wildman–Crippen MR) is 239 cm³/mol. The number of nitrogens with zero attached hydrogens (tertiary/aromatic N) is 4. The van der Waals surface area contributed by atoms with Gasteiger partial charge < -0.3 is 35.1 Å². The van der Waals surface area contributed by atoms with Crippen LogP contribution in [0.1, 0.15) is 84.5 Å². The van der Waals surface area contributed by atoms with Crippen molar-refractivity contribution in [3.8, 4) is 22.9 Å². The maximum Gasteiger partial charge on any atom is 0.408 e. The number of carbonyl (C=O) groups is 4. The van der Waals surface area contributed by atoms with Crippen molar-refractivity contribution in [2.45, 2.75) is 125 Å². The van der Waals surface area contributed by atoms with Gasteiger partial charge in [0.1, 0.15) is 47.0 Å². The number of hydrogen-bond acceptors (Lipinski definition) is 14. The predicted octanol–water partition coefficient (Wildman–Crippen LogP) is 5.87. The fourth-order valence-corrected chi connectivity index (χ4v) is 10.6. The van der Waals surface area contributed by atoms with Gasteiger partial charge >= 0.3 is 6.09 Å². The lowest BCUT2D eigenvalue weighted by Gasteiger charge is -2.30. The quantitative estimate of drug-likeness (QED) is 0.130. The Bertz CT molecular complexity index is 2510. The standard InChI is InChI=1S/C45H54N8O9S2/c1-27(2)47-43-49-37(26-63-43)36-23-39(33-16-15-30(60-3)21-35(33)48-36)61-31-22-38-40(54)51-45(42(56)52-64(58,59)32-17-19-46-20-18-32)24-28(45)11-7-5-4-6-8-14-34(41(55)53(38)25-31)50-44(57)62-29-12-9-10-13-29/h7,11,15-21,23,26-29,31,34,38H,4-6,8-10,12-14,22,24-25H2,1-3H3,(H,47,49)(H,50,57)(H,51,54)(H,52,56)/b11-7-/t28-,31-,34+,38+,45-/m1/s1. The second-order valence-corrected chi connectivity index (χ2v) is 19.7. The van der Waals surface area contributed by atoms with Gasteiger partial charge in [0.25, 0.3) is 15.9 Å². The molecule has 2 saturated carbocycles. The number of hydrogen-bond donors (Lipinski definition) is 4. The van der Waals surface area contributed by atoms with Crippen molar-refractivity contribution >= 4 is 61.2 Å². The number of rotatable bonds is 11. The number of thiazole rings is 1. The number of fused-ring (bicyclic) bond motifs is 3. The van der Waals surface area contributed by atoms with E-state index in [2.05, 4.69) is 25.7 Å². The minimum atomic E-state index is -4.32. The molecule has 4 N–H and O–H groups in total. The van der Waals surface area contributed by atoms with Gasteiger partial charge in [-0.25, -0.2) is 27.9 Å². The monoisotopic (exact) mass is 914 g/mol. The first kappa shape index (κ1) is 44.8. The normalized spacial score (nSPS) is 24.7. The molecule has 4 aliphatic rings. The zero-order valence-electron chi connectivity index (χ0n) is 36.1. The largest absolute Gasteiger partial charge is 0.497 e. The van der Waals surface area contributed by atoms with Crippen LogP contribution in [0.5, 0.6) is 11.5 Å². The van der Waals surface area contributed by atoms with Gasteiger partial charge in [0, 0.05) is 53.7 Å². The Kier molecular flexibility index (Phi) is 13.4. The summed E-state index contributed by atoms with van der Waals surface area (Å²) in [6.45, 7) is 4.01. The maximum atomic E-state index is 14.8. The highest BCUT2D eigenvalue weighted by Crippen LogP contribution is 2.46. The summed E-state index contributed by atoms with van der Waals surface area (Å²) in [7, 11) is -2.76. The Labute approximate surface area is 376 Å². The third-order valence-electron chi connectivity index (χ3n) is 12.2. The summed E-state index contributed by atoms with van der Waals surface area (Å²) in [6.07, 6.45) is 11.4. The van der Waals surface area contributed by atoms with E-state index >= 15 is 0 Å². The van der Waals surface area contributed by atoms with Gasteiger partial charge in [-0.1, -0.05) is 25.0 Å².